The SMILES string of the molecule is CCCCOC(=O)/C=C/C=C(\C(=O)N(C)OC)c1ccc(OC)cc1. The van der Waals surface area contributed by atoms with Crippen LogP contribution >= 0.6 is 0 Å². The Morgan fingerprint density at radius 1 is 1.16 bits per heavy atom. The summed E-state index contributed by atoms with van der Waals surface area (Å²) in [5, 5.41) is 1.11. The number of carbonyl (C=O) groups excluding carboxylic acids is 2. The Morgan fingerprint density at radius 2 is 1.84 bits per heavy atom. The molecule has 0 fully saturated rings. The maximum atomic E-state index is 12.5. The van der Waals surface area contributed by atoms with Gasteiger partial charge in [-0.3, -0.25) is 9.63 Å². The van der Waals surface area contributed by atoms with Crippen molar-refractivity contribution in [2.24, 2.45) is 0 Å². The fraction of sp³-hybridized carbons (Fsp3) is 0.368. The minimum absolute atomic E-state index is 0.336. The highest BCUT2D eigenvalue weighted by Gasteiger charge is 2.16. The zero-order valence-electron chi connectivity index (χ0n) is 15.2. The van der Waals surface area contributed by atoms with Crippen molar-refractivity contribution in [2.75, 3.05) is 27.9 Å². The molecule has 1 aromatic rings. The van der Waals surface area contributed by atoms with Crippen LogP contribution in [0.2, 0.25) is 0 Å². The summed E-state index contributed by atoms with van der Waals surface area (Å²) < 4.78 is 10.2. The first-order valence-corrected chi connectivity index (χ1v) is 8.05. The van der Waals surface area contributed by atoms with Crippen molar-refractivity contribution >= 4 is 17.4 Å². The van der Waals surface area contributed by atoms with Crippen molar-refractivity contribution < 1.29 is 23.9 Å². The van der Waals surface area contributed by atoms with Gasteiger partial charge in [-0.2, -0.15) is 0 Å². The summed E-state index contributed by atoms with van der Waals surface area (Å²) in [7, 11) is 4.50. The maximum Gasteiger partial charge on any atom is 0.330 e. The van der Waals surface area contributed by atoms with Gasteiger partial charge in [0.25, 0.3) is 5.91 Å². The summed E-state index contributed by atoms with van der Waals surface area (Å²) in [6, 6.07) is 7.04. The predicted molar refractivity (Wildman–Crippen MR) is 95.8 cm³/mol. The van der Waals surface area contributed by atoms with E-state index in [2.05, 4.69) is 0 Å². The Labute approximate surface area is 148 Å². The van der Waals surface area contributed by atoms with E-state index in [1.165, 1.54) is 26.3 Å². The molecule has 6 nitrogen and oxygen atoms in total. The molecule has 0 bridgehead atoms. The van der Waals surface area contributed by atoms with E-state index in [-0.39, 0.29) is 5.91 Å². The summed E-state index contributed by atoms with van der Waals surface area (Å²) in [5.41, 5.74) is 1.06. The second-order valence-electron chi connectivity index (χ2n) is 5.17. The fourth-order valence-electron chi connectivity index (χ4n) is 1.90. The summed E-state index contributed by atoms with van der Waals surface area (Å²) in [4.78, 5) is 29.0. The monoisotopic (exact) mass is 347 g/mol. The minimum Gasteiger partial charge on any atom is -0.497 e. The zero-order valence-corrected chi connectivity index (χ0v) is 15.2. The molecular weight excluding hydrogens is 322 g/mol. The van der Waals surface area contributed by atoms with Gasteiger partial charge >= 0.3 is 5.97 Å². The summed E-state index contributed by atoms with van der Waals surface area (Å²) in [6.45, 7) is 2.41. The molecule has 0 aliphatic rings. The highest BCUT2D eigenvalue weighted by molar-refractivity contribution is 6.19. The number of methoxy groups -OCH3 is 1. The van der Waals surface area contributed by atoms with Gasteiger partial charge in [0.2, 0.25) is 0 Å². The number of benzene rings is 1. The lowest BCUT2D eigenvalue weighted by Gasteiger charge is -2.16. The molecule has 0 N–H and O–H groups in total. The molecule has 0 saturated carbocycles. The number of nitrogens with zero attached hydrogens (tertiary/aromatic N) is 1. The normalized spacial score (nSPS) is 11.4. The summed E-state index contributed by atoms with van der Waals surface area (Å²) in [6.07, 6.45) is 6.12. The topological polar surface area (TPSA) is 65.1 Å². The van der Waals surface area contributed by atoms with Gasteiger partial charge in [-0.25, -0.2) is 9.86 Å². The standard InChI is InChI=1S/C19H25NO5/c1-5-6-14-25-18(21)9-7-8-17(19(22)20(2)24-4)15-10-12-16(23-3)13-11-15/h7-13H,5-6,14H2,1-4H3/b9-7+,17-8-. The van der Waals surface area contributed by atoms with Crippen molar-refractivity contribution in [3.8, 4) is 5.75 Å². The van der Waals surface area contributed by atoms with Gasteiger partial charge in [0.15, 0.2) is 0 Å². The first-order chi connectivity index (χ1) is 12.0. The fourth-order valence-corrected chi connectivity index (χ4v) is 1.90. The molecular formula is C19H25NO5. The van der Waals surface area contributed by atoms with Gasteiger partial charge in [0.1, 0.15) is 5.75 Å². The van der Waals surface area contributed by atoms with Crippen LogP contribution in [0.25, 0.3) is 5.57 Å². The first kappa shape index (κ1) is 20.4. The quantitative estimate of drug-likeness (QED) is 0.226. The van der Waals surface area contributed by atoms with Crippen LogP contribution in [-0.2, 0) is 19.2 Å². The molecule has 6 heteroatoms. The second kappa shape index (κ2) is 11.0. The van der Waals surface area contributed by atoms with E-state index in [9.17, 15) is 9.59 Å². The van der Waals surface area contributed by atoms with Gasteiger partial charge in [-0.05, 0) is 30.2 Å². The van der Waals surface area contributed by atoms with Crippen LogP contribution in [0.3, 0.4) is 0 Å². The molecule has 0 aliphatic heterocycles. The average Bonchev–Trinajstić information content (AvgIpc) is 2.64. The van der Waals surface area contributed by atoms with E-state index in [0.29, 0.717) is 23.5 Å². The van der Waals surface area contributed by atoms with Crippen molar-refractivity contribution in [1.82, 2.24) is 5.06 Å². The number of rotatable bonds is 9. The Bertz CT molecular complexity index is 619. The van der Waals surface area contributed by atoms with E-state index in [0.717, 1.165) is 17.9 Å². The van der Waals surface area contributed by atoms with Gasteiger partial charge < -0.3 is 9.47 Å². The molecule has 0 heterocycles. The van der Waals surface area contributed by atoms with Gasteiger partial charge in [-0.1, -0.05) is 31.6 Å². The third kappa shape index (κ3) is 6.81. The van der Waals surface area contributed by atoms with Crippen LogP contribution in [0.15, 0.2) is 42.5 Å². The Hall–Kier alpha value is -2.60. The third-order valence-corrected chi connectivity index (χ3v) is 3.43. The molecule has 0 saturated heterocycles. The van der Waals surface area contributed by atoms with Gasteiger partial charge in [0.05, 0.1) is 20.8 Å². The maximum absolute atomic E-state index is 12.5. The molecule has 1 rings (SSSR count). The number of hydrogen-bond acceptors (Lipinski definition) is 5. The van der Waals surface area contributed by atoms with Crippen LogP contribution in [0.5, 0.6) is 5.75 Å². The van der Waals surface area contributed by atoms with Crippen molar-refractivity contribution in [2.45, 2.75) is 19.8 Å². The van der Waals surface area contributed by atoms with Crippen LogP contribution in [0, 0.1) is 0 Å². The molecule has 0 aromatic heterocycles. The Morgan fingerprint density at radius 3 is 2.40 bits per heavy atom. The number of allylic oxidation sites excluding steroid dienone is 2. The third-order valence-electron chi connectivity index (χ3n) is 3.43. The molecule has 0 unspecified atom stereocenters. The van der Waals surface area contributed by atoms with Crippen molar-refractivity contribution in [1.29, 1.82) is 0 Å². The largest absolute Gasteiger partial charge is 0.497 e. The van der Waals surface area contributed by atoms with Crippen LogP contribution in [-0.4, -0.2) is 44.8 Å². The van der Waals surface area contributed by atoms with Gasteiger partial charge in [0, 0.05) is 18.7 Å². The lowest BCUT2D eigenvalue weighted by atomic mass is 10.0. The van der Waals surface area contributed by atoms with Crippen LogP contribution in [0.4, 0.5) is 0 Å². The Kier molecular flexibility index (Phi) is 9.03. The van der Waals surface area contributed by atoms with Crippen molar-refractivity contribution in [3.63, 3.8) is 0 Å². The number of hydroxylamine groups is 2. The van der Waals surface area contributed by atoms with E-state index in [4.69, 9.17) is 14.3 Å². The molecule has 1 aromatic carbocycles. The lowest BCUT2D eigenvalue weighted by molar-refractivity contribution is -0.161. The zero-order chi connectivity index (χ0) is 18.7. The molecule has 0 spiro atoms. The second-order valence-corrected chi connectivity index (χ2v) is 5.17. The summed E-state index contributed by atoms with van der Waals surface area (Å²) >= 11 is 0. The highest BCUT2D eigenvalue weighted by atomic mass is 16.7. The molecule has 0 radical (unpaired) electrons. The number of hydrogen-bond donors (Lipinski definition) is 0. The summed E-state index contributed by atoms with van der Waals surface area (Å²) in [5.74, 6) is -0.0892. The molecule has 0 atom stereocenters. The lowest BCUT2D eigenvalue weighted by Crippen LogP contribution is -2.26. The average molecular weight is 347 g/mol. The van der Waals surface area contributed by atoms with Crippen LogP contribution < -0.4 is 4.74 Å². The molecule has 1 amide bonds. The number of unbranched alkanes of at least 4 members (excludes halogenated alkanes) is 1. The molecule has 25 heavy (non-hydrogen) atoms. The number of carbonyl (C=O) groups is 2. The van der Waals surface area contributed by atoms with E-state index < -0.39 is 5.97 Å². The molecule has 0 aliphatic carbocycles. The smallest absolute Gasteiger partial charge is 0.330 e. The minimum atomic E-state index is -0.439. The number of amides is 1. The van der Waals surface area contributed by atoms with Crippen molar-refractivity contribution in [3.05, 3.63) is 48.1 Å². The number of ether oxygens (including phenoxy) is 2. The Balaban J connectivity index is 2.97. The number of esters is 1. The highest BCUT2D eigenvalue weighted by Crippen LogP contribution is 2.20. The van der Waals surface area contributed by atoms with E-state index >= 15 is 0 Å². The first-order valence-electron chi connectivity index (χ1n) is 8.05. The predicted octanol–water partition coefficient (Wildman–Crippen LogP) is 3.00. The van der Waals surface area contributed by atoms with Gasteiger partial charge in [-0.15, -0.1) is 0 Å². The molecule has 136 valence electrons. The van der Waals surface area contributed by atoms with E-state index in [1.54, 1.807) is 37.5 Å². The van der Waals surface area contributed by atoms with Crippen LogP contribution in [0.1, 0.15) is 25.3 Å². The van der Waals surface area contributed by atoms with E-state index in [1.807, 2.05) is 6.92 Å². The number of likely N-dealkylation sites (N-methyl/N-ethyl adjacent to an activating group) is 1.